The molecule has 2 N–H and O–H groups in total. The van der Waals surface area contributed by atoms with Gasteiger partial charge in [0.2, 0.25) is 0 Å². The highest BCUT2D eigenvalue weighted by Gasteiger charge is 2.13. The molecule has 0 fully saturated rings. The molecule has 20 heavy (non-hydrogen) atoms. The van der Waals surface area contributed by atoms with Gasteiger partial charge in [-0.15, -0.1) is 0 Å². The van der Waals surface area contributed by atoms with Crippen LogP contribution in [0.1, 0.15) is 23.6 Å². The molecule has 0 spiro atoms. The van der Waals surface area contributed by atoms with E-state index in [-0.39, 0.29) is 11.9 Å². The van der Waals surface area contributed by atoms with Crippen molar-refractivity contribution >= 4 is 0 Å². The predicted octanol–water partition coefficient (Wildman–Crippen LogP) is 4.12. The average molecular weight is 273 g/mol. The summed E-state index contributed by atoms with van der Waals surface area (Å²) in [6, 6.07) is 10.6. The van der Waals surface area contributed by atoms with E-state index in [1.54, 1.807) is 12.1 Å². The lowest BCUT2D eigenvalue weighted by Gasteiger charge is -2.15. The molecule has 1 atom stereocenters. The topological polar surface area (TPSA) is 35.2 Å². The summed E-state index contributed by atoms with van der Waals surface area (Å²) in [5.74, 6) is 1.02. The second-order valence-corrected chi connectivity index (χ2v) is 5.20. The largest absolute Gasteiger partial charge is 0.457 e. The van der Waals surface area contributed by atoms with E-state index in [4.69, 9.17) is 10.5 Å². The zero-order valence-corrected chi connectivity index (χ0v) is 12.1. The van der Waals surface area contributed by atoms with Crippen LogP contribution in [0.25, 0.3) is 0 Å². The van der Waals surface area contributed by atoms with Crippen LogP contribution in [0.2, 0.25) is 0 Å². The van der Waals surface area contributed by atoms with Gasteiger partial charge in [0.05, 0.1) is 0 Å². The summed E-state index contributed by atoms with van der Waals surface area (Å²) in [4.78, 5) is 0. The maximum atomic E-state index is 14.0. The molecular weight excluding hydrogens is 253 g/mol. The molecular formula is C17H20FNO. The first-order valence-corrected chi connectivity index (χ1v) is 6.76. The third kappa shape index (κ3) is 3.17. The first-order chi connectivity index (χ1) is 9.49. The van der Waals surface area contributed by atoms with Crippen molar-refractivity contribution in [3.63, 3.8) is 0 Å². The van der Waals surface area contributed by atoms with E-state index in [0.717, 1.165) is 16.9 Å². The van der Waals surface area contributed by atoms with Crippen molar-refractivity contribution in [2.75, 3.05) is 0 Å². The summed E-state index contributed by atoms with van der Waals surface area (Å²) < 4.78 is 19.9. The van der Waals surface area contributed by atoms with Crippen LogP contribution in [0.15, 0.2) is 36.4 Å². The van der Waals surface area contributed by atoms with Crippen molar-refractivity contribution in [1.82, 2.24) is 0 Å². The predicted molar refractivity (Wildman–Crippen MR) is 79.7 cm³/mol. The molecule has 0 amide bonds. The van der Waals surface area contributed by atoms with Crippen LogP contribution in [0.5, 0.6) is 11.5 Å². The smallest absolute Gasteiger partial charge is 0.133 e. The summed E-state index contributed by atoms with van der Waals surface area (Å²) in [5.41, 5.74) is 8.52. The monoisotopic (exact) mass is 273 g/mol. The Hall–Kier alpha value is -1.87. The van der Waals surface area contributed by atoms with Crippen molar-refractivity contribution in [3.05, 3.63) is 58.9 Å². The molecule has 2 nitrogen and oxygen atoms in total. The van der Waals surface area contributed by atoms with Crippen molar-refractivity contribution < 1.29 is 9.13 Å². The molecule has 0 aromatic heterocycles. The summed E-state index contributed by atoms with van der Waals surface area (Å²) in [6.45, 7) is 5.87. The molecule has 0 aliphatic heterocycles. The van der Waals surface area contributed by atoms with Crippen LogP contribution >= 0.6 is 0 Å². The molecule has 0 saturated heterocycles. The Morgan fingerprint density at radius 2 is 1.75 bits per heavy atom. The van der Waals surface area contributed by atoms with Gasteiger partial charge in [-0.3, -0.25) is 0 Å². The van der Waals surface area contributed by atoms with Gasteiger partial charge < -0.3 is 10.5 Å². The third-order valence-electron chi connectivity index (χ3n) is 3.38. The van der Waals surface area contributed by atoms with E-state index in [1.807, 2.05) is 39.0 Å². The van der Waals surface area contributed by atoms with E-state index in [0.29, 0.717) is 17.7 Å². The van der Waals surface area contributed by atoms with Gasteiger partial charge in [-0.25, -0.2) is 4.39 Å². The lowest BCUT2D eigenvalue weighted by Crippen LogP contribution is -2.19. The van der Waals surface area contributed by atoms with Gasteiger partial charge >= 0.3 is 0 Å². The number of nitrogens with two attached hydrogens (primary N) is 1. The number of hydrogen-bond acceptors (Lipinski definition) is 2. The summed E-state index contributed by atoms with van der Waals surface area (Å²) >= 11 is 0. The van der Waals surface area contributed by atoms with Crippen LogP contribution in [0, 0.1) is 19.7 Å². The van der Waals surface area contributed by atoms with E-state index in [1.165, 1.54) is 6.07 Å². The Balaban J connectivity index is 2.38. The van der Waals surface area contributed by atoms with Gasteiger partial charge in [-0.1, -0.05) is 18.2 Å². The number of rotatable bonds is 4. The SMILES string of the molecule is Cc1cccc(Oc2cccc(F)c2CC(C)N)c1C. The Bertz CT molecular complexity index is 608. The molecule has 2 aromatic carbocycles. The molecule has 0 radical (unpaired) electrons. The summed E-state index contributed by atoms with van der Waals surface area (Å²) in [7, 11) is 0. The van der Waals surface area contributed by atoms with Crippen LogP contribution in [0.3, 0.4) is 0 Å². The number of halogens is 1. The van der Waals surface area contributed by atoms with Crippen LogP contribution in [-0.4, -0.2) is 6.04 Å². The zero-order chi connectivity index (χ0) is 14.7. The minimum atomic E-state index is -0.273. The second-order valence-electron chi connectivity index (χ2n) is 5.20. The van der Waals surface area contributed by atoms with Crippen molar-refractivity contribution in [2.24, 2.45) is 5.73 Å². The van der Waals surface area contributed by atoms with Gasteiger partial charge in [0.15, 0.2) is 0 Å². The standard InChI is InChI=1S/C17H20FNO/c1-11-6-4-8-16(13(11)3)20-17-9-5-7-15(18)14(17)10-12(2)19/h4-9,12H,10,19H2,1-3H3. The number of hydrogen-bond donors (Lipinski definition) is 1. The zero-order valence-electron chi connectivity index (χ0n) is 12.1. The van der Waals surface area contributed by atoms with E-state index < -0.39 is 0 Å². The van der Waals surface area contributed by atoms with Gasteiger partial charge in [0.25, 0.3) is 0 Å². The average Bonchev–Trinajstić information content (AvgIpc) is 2.38. The Morgan fingerprint density at radius 1 is 1.10 bits per heavy atom. The van der Waals surface area contributed by atoms with Gasteiger partial charge in [0.1, 0.15) is 17.3 Å². The molecule has 0 bridgehead atoms. The molecule has 0 aliphatic rings. The van der Waals surface area contributed by atoms with E-state index >= 15 is 0 Å². The van der Waals surface area contributed by atoms with Crippen LogP contribution in [-0.2, 0) is 6.42 Å². The second kappa shape index (κ2) is 6.06. The Labute approximate surface area is 119 Å². The fourth-order valence-electron chi connectivity index (χ4n) is 2.11. The fraction of sp³-hybridized carbons (Fsp3) is 0.294. The lowest BCUT2D eigenvalue weighted by molar-refractivity contribution is 0.460. The van der Waals surface area contributed by atoms with Crippen molar-refractivity contribution in [3.8, 4) is 11.5 Å². The molecule has 3 heteroatoms. The van der Waals surface area contributed by atoms with Gasteiger partial charge in [-0.05, 0) is 56.5 Å². The van der Waals surface area contributed by atoms with Crippen LogP contribution < -0.4 is 10.5 Å². The molecule has 0 aliphatic carbocycles. The van der Waals surface area contributed by atoms with Crippen LogP contribution in [0.4, 0.5) is 4.39 Å². The number of ether oxygens (including phenoxy) is 1. The Kier molecular flexibility index (Phi) is 4.40. The highest BCUT2D eigenvalue weighted by Crippen LogP contribution is 2.31. The van der Waals surface area contributed by atoms with Crippen molar-refractivity contribution in [2.45, 2.75) is 33.2 Å². The highest BCUT2D eigenvalue weighted by atomic mass is 19.1. The number of aryl methyl sites for hydroxylation is 1. The number of benzene rings is 2. The molecule has 2 rings (SSSR count). The molecule has 106 valence electrons. The maximum Gasteiger partial charge on any atom is 0.133 e. The van der Waals surface area contributed by atoms with E-state index in [9.17, 15) is 4.39 Å². The molecule has 0 saturated carbocycles. The summed E-state index contributed by atoms with van der Waals surface area (Å²) in [5, 5.41) is 0. The first kappa shape index (κ1) is 14.5. The lowest BCUT2D eigenvalue weighted by atomic mass is 10.1. The van der Waals surface area contributed by atoms with Crippen molar-refractivity contribution in [1.29, 1.82) is 0 Å². The Morgan fingerprint density at radius 3 is 2.45 bits per heavy atom. The fourth-order valence-corrected chi connectivity index (χ4v) is 2.11. The van der Waals surface area contributed by atoms with Gasteiger partial charge in [0, 0.05) is 11.6 Å². The minimum absolute atomic E-state index is 0.118. The first-order valence-electron chi connectivity index (χ1n) is 6.76. The minimum Gasteiger partial charge on any atom is -0.457 e. The summed E-state index contributed by atoms with van der Waals surface area (Å²) in [6.07, 6.45) is 0.451. The normalized spacial score (nSPS) is 12.2. The quantitative estimate of drug-likeness (QED) is 0.909. The maximum absolute atomic E-state index is 14.0. The molecule has 0 heterocycles. The highest BCUT2D eigenvalue weighted by molar-refractivity contribution is 5.44. The van der Waals surface area contributed by atoms with Gasteiger partial charge in [-0.2, -0.15) is 0 Å². The van der Waals surface area contributed by atoms with E-state index in [2.05, 4.69) is 0 Å². The molecule has 2 aromatic rings. The molecule has 1 unspecified atom stereocenters. The third-order valence-corrected chi connectivity index (χ3v) is 3.38.